The molecule has 0 atom stereocenters. The topological polar surface area (TPSA) is 111 Å². The van der Waals surface area contributed by atoms with Crippen molar-refractivity contribution in [1.82, 2.24) is 9.97 Å². The summed E-state index contributed by atoms with van der Waals surface area (Å²) < 4.78 is 9.99. The van der Waals surface area contributed by atoms with Crippen LogP contribution in [0.2, 0.25) is 0 Å². The fraction of sp³-hybridized carbons (Fsp3) is 0.333. The SMILES string of the molecule is COC(=O)c1cnc(N2CCC(c3c[nH]c4ccc(OC)cc34)CC2)c([N+](=O)[O-])c1. The summed E-state index contributed by atoms with van der Waals surface area (Å²) in [6.07, 6.45) is 5.03. The number of methoxy groups -OCH3 is 2. The van der Waals surface area contributed by atoms with Crippen molar-refractivity contribution in [2.75, 3.05) is 32.2 Å². The van der Waals surface area contributed by atoms with E-state index in [1.807, 2.05) is 29.3 Å². The quantitative estimate of drug-likeness (QED) is 0.388. The molecular formula is C21H22N4O5. The number of esters is 1. The number of anilines is 1. The molecule has 0 radical (unpaired) electrons. The first kappa shape index (κ1) is 19.7. The summed E-state index contributed by atoms with van der Waals surface area (Å²) in [5.41, 5.74) is 2.17. The predicted octanol–water partition coefficient (Wildman–Crippen LogP) is 3.65. The Morgan fingerprint density at radius 3 is 2.70 bits per heavy atom. The van der Waals surface area contributed by atoms with E-state index < -0.39 is 10.9 Å². The lowest BCUT2D eigenvalue weighted by atomic mass is 9.89. The lowest BCUT2D eigenvalue weighted by molar-refractivity contribution is -0.384. The molecule has 0 amide bonds. The number of pyridine rings is 1. The number of aromatic amines is 1. The molecule has 4 rings (SSSR count). The van der Waals surface area contributed by atoms with Crippen LogP contribution in [0.4, 0.5) is 11.5 Å². The number of carbonyl (C=O) groups is 1. The second-order valence-corrected chi connectivity index (χ2v) is 7.23. The molecule has 0 saturated carbocycles. The molecule has 30 heavy (non-hydrogen) atoms. The van der Waals surface area contributed by atoms with Crippen molar-refractivity contribution in [3.8, 4) is 5.75 Å². The van der Waals surface area contributed by atoms with Crippen molar-refractivity contribution in [2.45, 2.75) is 18.8 Å². The number of benzene rings is 1. The first-order valence-corrected chi connectivity index (χ1v) is 9.64. The molecule has 1 saturated heterocycles. The third-order valence-electron chi connectivity index (χ3n) is 5.62. The van der Waals surface area contributed by atoms with Gasteiger partial charge in [0.2, 0.25) is 5.82 Å². The molecule has 9 heteroatoms. The Morgan fingerprint density at radius 2 is 2.03 bits per heavy atom. The Kier molecular flexibility index (Phi) is 5.26. The van der Waals surface area contributed by atoms with E-state index in [-0.39, 0.29) is 17.1 Å². The van der Waals surface area contributed by atoms with E-state index >= 15 is 0 Å². The monoisotopic (exact) mass is 410 g/mol. The molecule has 1 N–H and O–H groups in total. The van der Waals surface area contributed by atoms with E-state index in [9.17, 15) is 14.9 Å². The summed E-state index contributed by atoms with van der Waals surface area (Å²) in [6, 6.07) is 7.19. The van der Waals surface area contributed by atoms with Crippen molar-refractivity contribution >= 4 is 28.4 Å². The molecule has 0 aliphatic carbocycles. The summed E-state index contributed by atoms with van der Waals surface area (Å²) >= 11 is 0. The summed E-state index contributed by atoms with van der Waals surface area (Å²) in [5, 5.41) is 12.7. The molecule has 3 aromatic rings. The van der Waals surface area contributed by atoms with E-state index in [1.54, 1.807) is 7.11 Å². The smallest absolute Gasteiger partial charge is 0.339 e. The zero-order valence-electron chi connectivity index (χ0n) is 16.8. The molecule has 156 valence electrons. The number of ether oxygens (including phenoxy) is 2. The minimum atomic E-state index is -0.648. The number of fused-ring (bicyclic) bond motifs is 1. The number of H-pyrrole nitrogens is 1. The van der Waals surface area contributed by atoms with Crippen LogP contribution < -0.4 is 9.64 Å². The average molecular weight is 410 g/mol. The Balaban J connectivity index is 1.55. The van der Waals surface area contributed by atoms with Gasteiger partial charge >= 0.3 is 11.7 Å². The number of hydrogen-bond acceptors (Lipinski definition) is 7. The Hall–Kier alpha value is -3.62. The van der Waals surface area contributed by atoms with Gasteiger partial charge in [-0.1, -0.05) is 0 Å². The van der Waals surface area contributed by atoms with Gasteiger partial charge in [0.05, 0.1) is 24.7 Å². The highest BCUT2D eigenvalue weighted by Gasteiger charge is 2.29. The Morgan fingerprint density at radius 1 is 1.27 bits per heavy atom. The van der Waals surface area contributed by atoms with Crippen molar-refractivity contribution in [1.29, 1.82) is 0 Å². The summed E-state index contributed by atoms with van der Waals surface area (Å²) in [5.74, 6) is 0.777. The third kappa shape index (κ3) is 3.54. The maximum absolute atomic E-state index is 11.7. The second kappa shape index (κ2) is 8.02. The highest BCUT2D eigenvalue weighted by molar-refractivity contribution is 5.90. The fourth-order valence-corrected chi connectivity index (χ4v) is 4.04. The normalized spacial score (nSPS) is 14.7. The molecule has 0 unspecified atom stereocenters. The number of hydrogen-bond donors (Lipinski definition) is 1. The maximum Gasteiger partial charge on any atom is 0.339 e. The number of nitrogens with zero attached hydrogens (tertiary/aromatic N) is 3. The molecule has 9 nitrogen and oxygen atoms in total. The van der Waals surface area contributed by atoms with Crippen LogP contribution in [-0.2, 0) is 4.74 Å². The van der Waals surface area contributed by atoms with Crippen LogP contribution in [0, 0.1) is 10.1 Å². The summed E-state index contributed by atoms with van der Waals surface area (Å²) in [7, 11) is 2.88. The van der Waals surface area contributed by atoms with Gasteiger partial charge in [0.15, 0.2) is 0 Å². The number of aromatic nitrogens is 2. The lowest BCUT2D eigenvalue weighted by Crippen LogP contribution is -2.34. The van der Waals surface area contributed by atoms with Crippen molar-refractivity contribution in [2.24, 2.45) is 0 Å². The van der Waals surface area contributed by atoms with Gasteiger partial charge in [-0.2, -0.15) is 0 Å². The lowest BCUT2D eigenvalue weighted by Gasteiger charge is -2.32. The van der Waals surface area contributed by atoms with Gasteiger partial charge in [-0.3, -0.25) is 10.1 Å². The van der Waals surface area contributed by atoms with Crippen LogP contribution in [0.25, 0.3) is 10.9 Å². The minimum absolute atomic E-state index is 0.0653. The van der Waals surface area contributed by atoms with E-state index in [0.29, 0.717) is 19.0 Å². The standard InChI is InChI=1S/C21H22N4O5/c1-29-15-3-4-18-16(10-15)17(12-22-18)13-5-7-24(8-6-13)20-19(25(27)28)9-14(11-23-20)21(26)30-2/h3-4,9-13,22H,5-8H2,1-2H3. The van der Waals surface area contributed by atoms with Gasteiger partial charge in [-0.05, 0) is 42.5 Å². The fourth-order valence-electron chi connectivity index (χ4n) is 4.04. The van der Waals surface area contributed by atoms with Crippen LogP contribution in [-0.4, -0.2) is 48.2 Å². The first-order chi connectivity index (χ1) is 14.5. The van der Waals surface area contributed by atoms with Crippen LogP contribution in [0.1, 0.15) is 34.7 Å². The number of piperidine rings is 1. The van der Waals surface area contributed by atoms with Crippen molar-refractivity contribution in [3.05, 3.63) is 57.9 Å². The van der Waals surface area contributed by atoms with Gasteiger partial charge in [-0.25, -0.2) is 9.78 Å². The average Bonchev–Trinajstić information content (AvgIpc) is 3.21. The summed E-state index contributed by atoms with van der Waals surface area (Å²) in [6.45, 7) is 1.26. The van der Waals surface area contributed by atoms with Crippen LogP contribution >= 0.6 is 0 Å². The molecule has 1 fully saturated rings. The predicted molar refractivity (Wildman–Crippen MR) is 111 cm³/mol. The Labute approximate surface area is 172 Å². The van der Waals surface area contributed by atoms with Crippen LogP contribution in [0.3, 0.4) is 0 Å². The van der Waals surface area contributed by atoms with Crippen molar-refractivity contribution in [3.63, 3.8) is 0 Å². The molecule has 2 aromatic heterocycles. The van der Waals surface area contributed by atoms with Gasteiger partial charge in [0.25, 0.3) is 0 Å². The molecule has 1 aliphatic rings. The van der Waals surface area contributed by atoms with E-state index in [4.69, 9.17) is 4.74 Å². The van der Waals surface area contributed by atoms with Crippen LogP contribution in [0.15, 0.2) is 36.7 Å². The van der Waals surface area contributed by atoms with Crippen LogP contribution in [0.5, 0.6) is 5.75 Å². The zero-order chi connectivity index (χ0) is 21.3. The molecule has 1 aromatic carbocycles. The summed E-state index contributed by atoms with van der Waals surface area (Å²) in [4.78, 5) is 32.2. The van der Waals surface area contributed by atoms with Crippen molar-refractivity contribution < 1.29 is 19.2 Å². The minimum Gasteiger partial charge on any atom is -0.497 e. The van der Waals surface area contributed by atoms with Gasteiger partial charge in [0, 0.05) is 42.5 Å². The number of nitro groups is 1. The molecular weight excluding hydrogens is 388 g/mol. The number of rotatable bonds is 5. The molecule has 0 bridgehead atoms. The van der Waals surface area contributed by atoms with E-state index in [2.05, 4.69) is 14.7 Å². The first-order valence-electron chi connectivity index (χ1n) is 9.64. The molecule has 1 aliphatic heterocycles. The second-order valence-electron chi connectivity index (χ2n) is 7.23. The number of carbonyl (C=O) groups excluding carboxylic acids is 1. The highest BCUT2D eigenvalue weighted by Crippen LogP contribution is 2.37. The van der Waals surface area contributed by atoms with Gasteiger partial charge in [0.1, 0.15) is 5.75 Å². The number of nitrogens with one attached hydrogen (secondary N) is 1. The van der Waals surface area contributed by atoms with Gasteiger partial charge < -0.3 is 19.4 Å². The molecule has 3 heterocycles. The highest BCUT2D eigenvalue weighted by atomic mass is 16.6. The zero-order valence-corrected chi connectivity index (χ0v) is 16.8. The largest absolute Gasteiger partial charge is 0.497 e. The van der Waals surface area contributed by atoms with E-state index in [0.717, 1.165) is 29.5 Å². The third-order valence-corrected chi connectivity index (χ3v) is 5.62. The van der Waals surface area contributed by atoms with Gasteiger partial charge in [-0.15, -0.1) is 0 Å². The van der Waals surface area contributed by atoms with E-state index in [1.165, 1.54) is 24.9 Å². The molecule has 0 spiro atoms. The Bertz CT molecular complexity index is 1100. The maximum atomic E-state index is 11.7.